The topological polar surface area (TPSA) is 63.0 Å². The highest BCUT2D eigenvalue weighted by atomic mass is 32.2. The third-order valence-corrected chi connectivity index (χ3v) is 5.42. The molecule has 138 valence electrons. The van der Waals surface area contributed by atoms with E-state index >= 15 is 0 Å². The summed E-state index contributed by atoms with van der Waals surface area (Å²) in [5.41, 5.74) is 2.35. The summed E-state index contributed by atoms with van der Waals surface area (Å²) in [5, 5.41) is -0.0348. The van der Waals surface area contributed by atoms with Crippen molar-refractivity contribution in [2.24, 2.45) is 0 Å². The quantitative estimate of drug-likeness (QED) is 0.719. The zero-order chi connectivity index (χ0) is 18.6. The number of benzene rings is 1. The van der Waals surface area contributed by atoms with Gasteiger partial charge in [-0.2, -0.15) is 0 Å². The Hall–Kier alpha value is -1.83. The highest BCUT2D eigenvalue weighted by Gasteiger charge is 2.21. The predicted molar refractivity (Wildman–Crippen MR) is 97.3 cm³/mol. The predicted octanol–water partition coefficient (Wildman–Crippen LogP) is 2.66. The van der Waals surface area contributed by atoms with Crippen molar-refractivity contribution in [1.82, 2.24) is 9.21 Å². The summed E-state index contributed by atoms with van der Waals surface area (Å²) in [7, 11) is 1.37. The lowest BCUT2D eigenvalue weighted by atomic mass is 10.1. The van der Waals surface area contributed by atoms with Crippen LogP contribution in [0.3, 0.4) is 0 Å². The molecule has 0 bridgehead atoms. The second kappa shape index (κ2) is 8.03. The van der Waals surface area contributed by atoms with Gasteiger partial charge in [0.15, 0.2) is 0 Å². The van der Waals surface area contributed by atoms with Crippen molar-refractivity contribution in [3.63, 3.8) is 0 Å². The van der Waals surface area contributed by atoms with Crippen molar-refractivity contribution in [3.05, 3.63) is 47.2 Å². The van der Waals surface area contributed by atoms with Gasteiger partial charge in [0.25, 0.3) is 10.0 Å². The summed E-state index contributed by atoms with van der Waals surface area (Å²) in [6, 6.07) is 9.31. The normalized spacial score (nSPS) is 12.1. The molecular formula is C18H26N2O4S. The number of nitrogens with zero attached hydrogens (tertiary/aromatic N) is 2. The summed E-state index contributed by atoms with van der Waals surface area (Å²) >= 11 is 0. The lowest BCUT2D eigenvalue weighted by Crippen LogP contribution is -2.24. The summed E-state index contributed by atoms with van der Waals surface area (Å²) in [6.07, 6.45) is 0. The maximum Gasteiger partial charge on any atom is 0.275 e. The van der Waals surface area contributed by atoms with Crippen molar-refractivity contribution < 1.29 is 17.6 Å². The summed E-state index contributed by atoms with van der Waals surface area (Å²) in [6.45, 7) is 5.84. The number of aryl methyl sites for hydroxylation is 2. The first-order valence-corrected chi connectivity index (χ1v) is 9.53. The van der Waals surface area contributed by atoms with Crippen LogP contribution in [0.15, 0.2) is 39.8 Å². The Balaban J connectivity index is 1.86. The van der Waals surface area contributed by atoms with Crippen LogP contribution < -0.4 is 4.74 Å². The van der Waals surface area contributed by atoms with E-state index < -0.39 is 10.0 Å². The molecule has 0 aliphatic heterocycles. The fourth-order valence-corrected chi connectivity index (χ4v) is 3.25. The molecule has 0 saturated heterocycles. The van der Waals surface area contributed by atoms with E-state index in [2.05, 4.69) is 6.07 Å². The molecule has 2 aromatic rings. The number of ether oxygens (including phenoxy) is 1. The standard InChI is InChI=1S/C18H26N2O4S/c1-14-10-15(2)12-17(11-14)23-9-8-20(5)13-16-6-7-18(24-16)25(21,22)19(3)4/h6-7,10-12H,8-9,13H2,1-5H3. The number of hydrogen-bond acceptors (Lipinski definition) is 5. The van der Waals surface area contributed by atoms with Gasteiger partial charge in [-0.25, -0.2) is 12.7 Å². The van der Waals surface area contributed by atoms with Crippen molar-refractivity contribution in [3.8, 4) is 5.75 Å². The number of hydrogen-bond donors (Lipinski definition) is 0. The van der Waals surface area contributed by atoms with Gasteiger partial charge in [0.1, 0.15) is 18.1 Å². The number of rotatable bonds is 8. The molecule has 2 rings (SSSR count). The first kappa shape index (κ1) is 19.5. The highest BCUT2D eigenvalue weighted by molar-refractivity contribution is 7.88. The first-order chi connectivity index (χ1) is 11.7. The van der Waals surface area contributed by atoms with Crippen LogP contribution in [0, 0.1) is 13.8 Å². The molecule has 1 heterocycles. The minimum absolute atomic E-state index is 0.0348. The molecule has 0 aliphatic rings. The van der Waals surface area contributed by atoms with Gasteiger partial charge in [-0.05, 0) is 56.3 Å². The minimum Gasteiger partial charge on any atom is -0.492 e. The molecule has 0 unspecified atom stereocenters. The van der Waals surface area contributed by atoms with Gasteiger partial charge in [-0.15, -0.1) is 0 Å². The van der Waals surface area contributed by atoms with Crippen LogP contribution in [-0.4, -0.2) is 51.9 Å². The van der Waals surface area contributed by atoms with Crippen LogP contribution >= 0.6 is 0 Å². The summed E-state index contributed by atoms with van der Waals surface area (Å²) in [5.74, 6) is 1.47. The fourth-order valence-electron chi connectivity index (χ4n) is 2.44. The number of likely N-dealkylation sites (N-methyl/N-ethyl adjacent to an activating group) is 1. The van der Waals surface area contributed by atoms with Crippen LogP contribution in [0.5, 0.6) is 5.75 Å². The molecule has 0 fully saturated rings. The molecular weight excluding hydrogens is 340 g/mol. The Labute approximate surface area is 150 Å². The summed E-state index contributed by atoms with van der Waals surface area (Å²) < 4.78 is 36.4. The Morgan fingerprint density at radius 3 is 2.28 bits per heavy atom. The Kier molecular flexibility index (Phi) is 6.26. The number of furan rings is 1. The van der Waals surface area contributed by atoms with Gasteiger partial charge < -0.3 is 9.15 Å². The fraction of sp³-hybridized carbons (Fsp3) is 0.444. The van der Waals surface area contributed by atoms with Crippen LogP contribution in [0.4, 0.5) is 0 Å². The second-order valence-corrected chi connectivity index (χ2v) is 8.50. The lowest BCUT2D eigenvalue weighted by molar-refractivity contribution is 0.218. The van der Waals surface area contributed by atoms with Gasteiger partial charge in [0, 0.05) is 20.6 Å². The van der Waals surface area contributed by atoms with E-state index in [0.717, 1.165) is 10.1 Å². The van der Waals surface area contributed by atoms with E-state index in [-0.39, 0.29) is 5.09 Å². The van der Waals surface area contributed by atoms with E-state index in [9.17, 15) is 8.42 Å². The molecule has 0 radical (unpaired) electrons. The van der Waals surface area contributed by atoms with Crippen LogP contribution in [0.25, 0.3) is 0 Å². The molecule has 0 atom stereocenters. The number of sulfonamides is 1. The van der Waals surface area contributed by atoms with Crippen molar-refractivity contribution in [2.75, 3.05) is 34.3 Å². The summed E-state index contributed by atoms with van der Waals surface area (Å²) in [4.78, 5) is 2.02. The van der Waals surface area contributed by atoms with Gasteiger partial charge in [0.05, 0.1) is 6.54 Å². The van der Waals surface area contributed by atoms with Gasteiger partial charge in [-0.3, -0.25) is 4.90 Å². The van der Waals surface area contributed by atoms with Crippen LogP contribution in [0.2, 0.25) is 0 Å². The average Bonchev–Trinajstić information content (AvgIpc) is 2.95. The molecule has 0 saturated carbocycles. The van der Waals surface area contributed by atoms with E-state index in [4.69, 9.17) is 9.15 Å². The Morgan fingerprint density at radius 2 is 1.68 bits per heavy atom. The molecule has 1 aromatic carbocycles. The van der Waals surface area contributed by atoms with E-state index in [1.807, 2.05) is 37.9 Å². The Bertz CT molecular complexity index is 792. The average molecular weight is 366 g/mol. The molecule has 6 nitrogen and oxygen atoms in total. The molecule has 7 heteroatoms. The molecule has 0 N–H and O–H groups in total. The molecule has 1 aromatic heterocycles. The third-order valence-electron chi connectivity index (χ3n) is 3.73. The highest BCUT2D eigenvalue weighted by Crippen LogP contribution is 2.18. The molecule has 25 heavy (non-hydrogen) atoms. The van der Waals surface area contributed by atoms with Gasteiger partial charge in [0.2, 0.25) is 5.09 Å². The van der Waals surface area contributed by atoms with Gasteiger partial charge >= 0.3 is 0 Å². The van der Waals surface area contributed by atoms with Crippen molar-refractivity contribution >= 4 is 10.0 Å². The maximum atomic E-state index is 12.0. The third kappa shape index (κ3) is 5.32. The SMILES string of the molecule is Cc1cc(C)cc(OCCN(C)Cc2ccc(S(=O)(=O)N(C)C)o2)c1. The largest absolute Gasteiger partial charge is 0.492 e. The van der Waals surface area contributed by atoms with E-state index in [1.54, 1.807) is 6.07 Å². The van der Waals surface area contributed by atoms with Gasteiger partial charge in [-0.1, -0.05) is 6.07 Å². The monoisotopic (exact) mass is 366 g/mol. The first-order valence-electron chi connectivity index (χ1n) is 8.09. The van der Waals surface area contributed by atoms with Crippen molar-refractivity contribution in [1.29, 1.82) is 0 Å². The smallest absolute Gasteiger partial charge is 0.275 e. The molecule has 0 amide bonds. The molecule has 0 aliphatic carbocycles. The Morgan fingerprint density at radius 1 is 1.04 bits per heavy atom. The zero-order valence-corrected chi connectivity index (χ0v) is 16.3. The maximum absolute atomic E-state index is 12.0. The minimum atomic E-state index is -3.53. The molecule has 0 spiro atoms. The lowest BCUT2D eigenvalue weighted by Gasteiger charge is -2.16. The zero-order valence-electron chi connectivity index (χ0n) is 15.4. The van der Waals surface area contributed by atoms with E-state index in [0.29, 0.717) is 25.5 Å². The van der Waals surface area contributed by atoms with Crippen LogP contribution in [0.1, 0.15) is 16.9 Å². The van der Waals surface area contributed by atoms with Crippen molar-refractivity contribution in [2.45, 2.75) is 25.5 Å². The second-order valence-electron chi connectivity index (χ2n) is 6.42. The van der Waals surface area contributed by atoms with E-state index in [1.165, 1.54) is 31.3 Å². The van der Waals surface area contributed by atoms with Crippen LogP contribution in [-0.2, 0) is 16.6 Å².